The number of allylic oxidation sites excluding steroid dienone is 3. The summed E-state index contributed by atoms with van der Waals surface area (Å²) in [6, 6.07) is 3.11. The van der Waals surface area contributed by atoms with E-state index in [1.807, 2.05) is 38.7 Å². The molecular formula is C48H60N4O11. The minimum Gasteiger partial charge on any atom is -0.507 e. The van der Waals surface area contributed by atoms with Crippen LogP contribution in [0.4, 0.5) is 11.4 Å². The van der Waals surface area contributed by atoms with Crippen LogP contribution in [0.25, 0.3) is 38.7 Å². The molecule has 1 aromatic heterocycles. The van der Waals surface area contributed by atoms with Gasteiger partial charge in [-0.25, -0.2) is 4.98 Å². The van der Waals surface area contributed by atoms with E-state index < -0.39 is 58.1 Å². The molecule has 5 heterocycles. The number of phenolic OH excluding ortho intramolecular Hbond substituents is 1. The highest BCUT2D eigenvalue weighted by Gasteiger charge is 2.43. The van der Waals surface area contributed by atoms with Crippen molar-refractivity contribution in [3.63, 3.8) is 0 Å². The van der Waals surface area contributed by atoms with Gasteiger partial charge in [-0.2, -0.15) is 0 Å². The zero-order valence-electron chi connectivity index (χ0n) is 37.4. The van der Waals surface area contributed by atoms with Crippen molar-refractivity contribution in [2.24, 2.45) is 35.5 Å². The van der Waals surface area contributed by atoms with E-state index in [0.29, 0.717) is 38.4 Å². The first kappa shape index (κ1) is 45.5. The predicted molar refractivity (Wildman–Crippen MR) is 243 cm³/mol. The first-order valence-corrected chi connectivity index (χ1v) is 21.8. The SMILES string of the molecule is C/C1=C/C=C/[C@H](C)[C@H](O)[C@@H](C)[C@@H](O)[C@@H](C)[C@H](C)[C@H](C)[C@@H](C)/C=C/O[C@@]2(C)Oc3c(C)c(O)c4c(=O)c(c5oc6cc(N7CCN(CCO)CC7)cc(=O)c6nc5c4c3=C2O)NC1=O. The molecule has 6 N–H and O–H groups in total. The molecule has 0 aliphatic carbocycles. The molecule has 1 fully saturated rings. The number of aromatic nitrogens is 1. The van der Waals surface area contributed by atoms with Gasteiger partial charge < -0.3 is 49.6 Å². The summed E-state index contributed by atoms with van der Waals surface area (Å²) < 4.78 is 18.9. The number of carbonyl (C=O) groups excluding carboxylic acids is 1. The summed E-state index contributed by atoms with van der Waals surface area (Å²) in [4.78, 5) is 51.6. The molecule has 4 aliphatic rings. The fourth-order valence-electron chi connectivity index (χ4n) is 9.19. The van der Waals surface area contributed by atoms with E-state index in [0.717, 1.165) is 0 Å². The minimum atomic E-state index is -1.84. The number of hydrogen-bond acceptors (Lipinski definition) is 14. The van der Waals surface area contributed by atoms with Gasteiger partial charge in [0.25, 0.3) is 5.91 Å². The number of amides is 1. The number of nitrogens with zero attached hydrogens (tertiary/aromatic N) is 3. The average molecular weight is 869 g/mol. The maximum atomic E-state index is 14.8. The highest BCUT2D eigenvalue weighted by atomic mass is 16.7. The molecule has 0 spiro atoms. The molecule has 0 unspecified atom stereocenters. The Balaban J connectivity index is 1.46. The number of ether oxygens (including phenoxy) is 2. The summed E-state index contributed by atoms with van der Waals surface area (Å²) >= 11 is 0. The molecule has 63 heavy (non-hydrogen) atoms. The molecular weight excluding hydrogens is 809 g/mol. The van der Waals surface area contributed by atoms with Crippen LogP contribution < -0.4 is 31.0 Å². The van der Waals surface area contributed by atoms with Crippen LogP contribution in [0.15, 0.2) is 62.3 Å². The summed E-state index contributed by atoms with van der Waals surface area (Å²) in [5.74, 6) is -4.52. The van der Waals surface area contributed by atoms with Crippen molar-refractivity contribution in [3.05, 3.63) is 79.5 Å². The number of aliphatic hydroxyl groups excluding tert-OH is 4. The zero-order chi connectivity index (χ0) is 45.8. The number of fused-ring (bicyclic) bond motifs is 14. The van der Waals surface area contributed by atoms with E-state index in [4.69, 9.17) is 18.9 Å². The van der Waals surface area contributed by atoms with Gasteiger partial charge in [-0.3, -0.25) is 19.3 Å². The largest absolute Gasteiger partial charge is 0.507 e. The second kappa shape index (κ2) is 17.6. The lowest BCUT2D eigenvalue weighted by Crippen LogP contribution is -2.47. The molecule has 4 aromatic rings. The number of piperazine rings is 1. The van der Waals surface area contributed by atoms with Gasteiger partial charge in [-0.1, -0.05) is 59.8 Å². The summed E-state index contributed by atoms with van der Waals surface area (Å²) in [5.41, 5.74) is -1.17. The number of carbonyl (C=O) groups is 1. The Labute approximate surface area is 365 Å². The summed E-state index contributed by atoms with van der Waals surface area (Å²) in [5, 5.41) is 58.4. The van der Waals surface area contributed by atoms with Crippen molar-refractivity contribution in [2.45, 2.75) is 80.3 Å². The van der Waals surface area contributed by atoms with Crippen LogP contribution in [0, 0.1) is 42.4 Å². The van der Waals surface area contributed by atoms with E-state index in [1.165, 1.54) is 32.3 Å². The predicted octanol–water partition coefficient (Wildman–Crippen LogP) is 5.00. The van der Waals surface area contributed by atoms with Crippen molar-refractivity contribution in [3.8, 4) is 11.5 Å². The number of aromatic hydroxyl groups is 1. The monoisotopic (exact) mass is 868 g/mol. The number of aliphatic hydroxyl groups is 4. The van der Waals surface area contributed by atoms with Crippen LogP contribution in [0.2, 0.25) is 0 Å². The van der Waals surface area contributed by atoms with Crippen molar-refractivity contribution < 1.29 is 44.2 Å². The molecule has 15 heteroatoms. The van der Waals surface area contributed by atoms with Crippen molar-refractivity contribution >= 4 is 56.0 Å². The van der Waals surface area contributed by atoms with Crippen LogP contribution in [0.1, 0.15) is 61.0 Å². The molecule has 8 rings (SSSR count). The van der Waals surface area contributed by atoms with E-state index in [2.05, 4.69) is 24.1 Å². The Hall–Kier alpha value is -5.48. The van der Waals surface area contributed by atoms with E-state index in [9.17, 15) is 39.9 Å². The molecule has 15 nitrogen and oxygen atoms in total. The van der Waals surface area contributed by atoms with Crippen LogP contribution in [-0.2, 0) is 9.53 Å². The number of anilines is 2. The molecule has 0 radical (unpaired) electrons. The fourth-order valence-corrected chi connectivity index (χ4v) is 9.19. The quantitative estimate of drug-likeness (QED) is 0.118. The van der Waals surface area contributed by atoms with Crippen LogP contribution in [0.5, 0.6) is 11.5 Å². The molecule has 0 saturated carbocycles. The maximum absolute atomic E-state index is 14.8. The van der Waals surface area contributed by atoms with Gasteiger partial charge in [0.15, 0.2) is 22.4 Å². The Morgan fingerprint density at radius 3 is 2.24 bits per heavy atom. The third-order valence-corrected chi connectivity index (χ3v) is 14.0. The summed E-state index contributed by atoms with van der Waals surface area (Å²) in [7, 11) is 0. The van der Waals surface area contributed by atoms with Gasteiger partial charge >= 0.3 is 5.79 Å². The lowest BCUT2D eigenvalue weighted by Gasteiger charge is -2.36. The Bertz CT molecular complexity index is 2720. The number of β-amino-alcohol motifs (C(OH)–C–C–N with tert-alkyl or cyclic N) is 1. The van der Waals surface area contributed by atoms with Crippen molar-refractivity contribution in [1.29, 1.82) is 0 Å². The zero-order valence-corrected chi connectivity index (χ0v) is 37.4. The third kappa shape index (κ3) is 8.16. The number of hydrogen-bond donors (Lipinski definition) is 6. The average Bonchev–Trinajstić information content (AvgIpc) is 3.53. The summed E-state index contributed by atoms with van der Waals surface area (Å²) in [6.07, 6.45) is 6.46. The number of nitrogens with one attached hydrogen (secondary N) is 1. The number of phenols is 1. The van der Waals surface area contributed by atoms with Gasteiger partial charge in [-0.05, 0) is 43.6 Å². The molecule has 3 aromatic carbocycles. The molecule has 5 bridgehead atoms. The second-order valence-corrected chi connectivity index (χ2v) is 18.0. The van der Waals surface area contributed by atoms with Crippen LogP contribution in [-0.4, -0.2) is 98.6 Å². The molecule has 1 amide bonds. The Kier molecular flexibility index (Phi) is 12.7. The topological polar surface area (TPSA) is 215 Å². The lowest BCUT2D eigenvalue weighted by molar-refractivity contribution is -0.112. The Morgan fingerprint density at radius 2 is 1.56 bits per heavy atom. The normalized spacial score (nSPS) is 30.9. The standard InChI is InChI=1S/C48H60N4O11/c1-23-13-20-61-48(9)46(59)36-34-35(42(57)30(8)44(36)63-48)43(58)39(50-47(60)25(3)12-10-11-24(2)40(55)29(7)41(56)28(6)27(5)26(23)4)45-38(34)49-37-32(54)21-31(22-33(37)62-45)52-16-14-51(15-17-52)18-19-53/h10-13,20-24,26-29,40-41,53,55-57,59H,14-19H2,1-9H3,(H,50,60)/b11-10+,20-13+,25-12-/t23-,24-,26+,27+,28-,29+,40-,41-,48-/m0/s1. The van der Waals surface area contributed by atoms with Gasteiger partial charge in [-0.15, -0.1) is 0 Å². The molecule has 9 atom stereocenters. The first-order valence-electron chi connectivity index (χ1n) is 21.8. The first-order chi connectivity index (χ1) is 29.8. The molecule has 338 valence electrons. The van der Waals surface area contributed by atoms with E-state index in [1.54, 1.807) is 25.1 Å². The maximum Gasteiger partial charge on any atom is 0.307 e. The number of benzene rings is 3. The summed E-state index contributed by atoms with van der Waals surface area (Å²) in [6.45, 7) is 19.4. The minimum absolute atomic E-state index is 0.00185. The van der Waals surface area contributed by atoms with E-state index >= 15 is 0 Å². The van der Waals surface area contributed by atoms with Gasteiger partial charge in [0.1, 0.15) is 22.7 Å². The smallest absolute Gasteiger partial charge is 0.307 e. The highest BCUT2D eigenvalue weighted by Crippen LogP contribution is 2.42. The molecule has 1 saturated heterocycles. The molecule has 4 aliphatic heterocycles. The van der Waals surface area contributed by atoms with Crippen LogP contribution >= 0.6 is 0 Å². The van der Waals surface area contributed by atoms with Gasteiger partial charge in [0.2, 0.25) is 10.9 Å². The van der Waals surface area contributed by atoms with E-state index in [-0.39, 0.29) is 91.0 Å². The third-order valence-electron chi connectivity index (χ3n) is 14.0. The lowest BCUT2D eigenvalue weighted by atomic mass is 9.72. The Morgan fingerprint density at radius 1 is 0.857 bits per heavy atom. The van der Waals surface area contributed by atoms with Crippen molar-refractivity contribution in [2.75, 3.05) is 49.5 Å². The van der Waals surface area contributed by atoms with Crippen LogP contribution in [0.3, 0.4) is 0 Å². The number of rotatable bonds is 3. The fraction of sp³-hybridized carbons (Fsp3) is 0.500. The second-order valence-electron chi connectivity index (χ2n) is 18.0. The highest BCUT2D eigenvalue weighted by molar-refractivity contribution is 6.16. The van der Waals surface area contributed by atoms with Crippen molar-refractivity contribution in [1.82, 2.24) is 9.88 Å². The van der Waals surface area contributed by atoms with Gasteiger partial charge in [0, 0.05) is 85.8 Å². The van der Waals surface area contributed by atoms with Gasteiger partial charge in [0.05, 0.1) is 35.7 Å².